The van der Waals surface area contributed by atoms with Crippen LogP contribution in [-0.4, -0.2) is 34.1 Å². The van der Waals surface area contributed by atoms with Crippen molar-refractivity contribution >= 4 is 12.0 Å². The lowest BCUT2D eigenvalue weighted by molar-refractivity contribution is -0.138. The monoisotopic (exact) mass is 276 g/mol. The van der Waals surface area contributed by atoms with Gasteiger partial charge in [0.1, 0.15) is 0 Å². The molecular weight excluding hydrogens is 256 g/mol. The summed E-state index contributed by atoms with van der Waals surface area (Å²) in [5.74, 6) is -0.917. The Morgan fingerprint density at radius 3 is 2.60 bits per heavy atom. The molecule has 1 heterocycles. The Morgan fingerprint density at radius 2 is 1.95 bits per heavy atom. The maximum Gasteiger partial charge on any atom is 0.318 e. The number of carboxylic acids is 1. The van der Waals surface area contributed by atoms with E-state index in [2.05, 4.69) is 11.4 Å². The van der Waals surface area contributed by atoms with E-state index in [-0.39, 0.29) is 12.5 Å². The molecule has 5 nitrogen and oxygen atoms in total. The summed E-state index contributed by atoms with van der Waals surface area (Å²) in [7, 11) is 0. The maximum atomic E-state index is 12.2. The Morgan fingerprint density at radius 1 is 1.30 bits per heavy atom. The predicted octanol–water partition coefficient (Wildman–Crippen LogP) is 2.01. The molecule has 0 radical (unpaired) electrons. The predicted molar refractivity (Wildman–Crippen MR) is 75.4 cm³/mol. The number of nitrogens with zero attached hydrogens (tertiary/aromatic N) is 1. The maximum absolute atomic E-state index is 12.2. The molecule has 2 amide bonds. The van der Waals surface area contributed by atoms with E-state index in [0.29, 0.717) is 13.1 Å². The molecule has 0 fully saturated rings. The van der Waals surface area contributed by atoms with E-state index in [1.807, 2.05) is 18.2 Å². The average molecular weight is 276 g/mol. The standard InChI is InChI=1S/C15H20N2O3/c1-15(2,9-13(18)19)16-14(20)17-8-7-11-5-3-4-6-12(11)10-17/h3-6H,7-10H2,1-2H3,(H,16,20)(H,18,19). The molecule has 5 heteroatoms. The molecule has 1 aliphatic heterocycles. The van der Waals surface area contributed by atoms with Crippen LogP contribution in [0.5, 0.6) is 0 Å². The molecule has 1 aromatic rings. The van der Waals surface area contributed by atoms with Crippen LogP contribution in [0.2, 0.25) is 0 Å². The second-order valence-corrected chi connectivity index (χ2v) is 5.82. The highest BCUT2D eigenvalue weighted by Gasteiger charge is 2.27. The fraction of sp³-hybridized carbons (Fsp3) is 0.467. The van der Waals surface area contributed by atoms with E-state index in [4.69, 9.17) is 5.11 Å². The van der Waals surface area contributed by atoms with Crippen LogP contribution in [0.25, 0.3) is 0 Å². The minimum Gasteiger partial charge on any atom is -0.481 e. The number of amides is 2. The van der Waals surface area contributed by atoms with Crippen molar-refractivity contribution in [3.63, 3.8) is 0 Å². The summed E-state index contributed by atoms with van der Waals surface area (Å²) in [6, 6.07) is 7.88. The fourth-order valence-electron chi connectivity index (χ4n) is 2.46. The normalized spacial score (nSPS) is 14.6. The highest BCUT2D eigenvalue weighted by Crippen LogP contribution is 2.19. The Hall–Kier alpha value is -2.04. The lowest BCUT2D eigenvalue weighted by Gasteiger charge is -2.33. The van der Waals surface area contributed by atoms with Gasteiger partial charge in [-0.25, -0.2) is 4.79 Å². The molecule has 0 atom stereocenters. The Kier molecular flexibility index (Phi) is 3.97. The van der Waals surface area contributed by atoms with Crippen molar-refractivity contribution in [2.45, 2.75) is 38.8 Å². The molecule has 0 spiro atoms. The van der Waals surface area contributed by atoms with Gasteiger partial charge in [-0.1, -0.05) is 24.3 Å². The number of benzene rings is 1. The van der Waals surface area contributed by atoms with Crippen molar-refractivity contribution in [2.75, 3.05) is 6.54 Å². The van der Waals surface area contributed by atoms with Crippen LogP contribution in [-0.2, 0) is 17.8 Å². The Bertz CT molecular complexity index is 526. The molecule has 20 heavy (non-hydrogen) atoms. The van der Waals surface area contributed by atoms with Crippen molar-refractivity contribution in [3.8, 4) is 0 Å². The first-order valence-corrected chi connectivity index (χ1v) is 6.73. The number of urea groups is 1. The van der Waals surface area contributed by atoms with Crippen molar-refractivity contribution in [1.82, 2.24) is 10.2 Å². The lowest BCUT2D eigenvalue weighted by atomic mass is 9.99. The zero-order valence-electron chi connectivity index (χ0n) is 11.8. The van der Waals surface area contributed by atoms with E-state index in [0.717, 1.165) is 12.0 Å². The number of hydrogen-bond donors (Lipinski definition) is 2. The number of fused-ring (bicyclic) bond motifs is 1. The lowest BCUT2D eigenvalue weighted by Crippen LogP contribution is -2.51. The molecule has 0 bridgehead atoms. The third kappa shape index (κ3) is 3.50. The first-order valence-electron chi connectivity index (χ1n) is 6.73. The van der Waals surface area contributed by atoms with Gasteiger partial charge in [0.2, 0.25) is 0 Å². The largest absolute Gasteiger partial charge is 0.481 e. The molecule has 0 unspecified atom stereocenters. The number of carbonyl (C=O) groups is 2. The second-order valence-electron chi connectivity index (χ2n) is 5.82. The van der Waals surface area contributed by atoms with Crippen LogP contribution in [0, 0.1) is 0 Å². The number of aliphatic carboxylic acids is 1. The van der Waals surface area contributed by atoms with Crippen molar-refractivity contribution in [2.24, 2.45) is 0 Å². The van der Waals surface area contributed by atoms with Gasteiger partial charge in [0.25, 0.3) is 0 Å². The summed E-state index contributed by atoms with van der Waals surface area (Å²) in [4.78, 5) is 24.7. The third-order valence-electron chi connectivity index (χ3n) is 3.46. The molecule has 1 aromatic carbocycles. The topological polar surface area (TPSA) is 69.6 Å². The quantitative estimate of drug-likeness (QED) is 0.887. The molecule has 0 aromatic heterocycles. The molecule has 1 aliphatic rings. The van der Waals surface area contributed by atoms with Gasteiger partial charge in [-0.05, 0) is 31.4 Å². The van der Waals surface area contributed by atoms with Crippen LogP contribution in [0.1, 0.15) is 31.4 Å². The zero-order chi connectivity index (χ0) is 14.8. The van der Waals surface area contributed by atoms with Gasteiger partial charge in [-0.2, -0.15) is 0 Å². The molecule has 0 aliphatic carbocycles. The van der Waals surface area contributed by atoms with E-state index in [9.17, 15) is 9.59 Å². The van der Waals surface area contributed by atoms with Gasteiger partial charge in [-0.3, -0.25) is 4.79 Å². The van der Waals surface area contributed by atoms with Crippen LogP contribution < -0.4 is 5.32 Å². The summed E-state index contributed by atoms with van der Waals surface area (Å²) in [5, 5.41) is 11.6. The average Bonchev–Trinajstić information content (AvgIpc) is 2.36. The van der Waals surface area contributed by atoms with Crippen LogP contribution in [0.4, 0.5) is 4.79 Å². The first-order chi connectivity index (χ1) is 9.37. The smallest absolute Gasteiger partial charge is 0.318 e. The number of hydrogen-bond acceptors (Lipinski definition) is 2. The van der Waals surface area contributed by atoms with Gasteiger partial charge in [0.05, 0.1) is 6.42 Å². The third-order valence-corrected chi connectivity index (χ3v) is 3.46. The summed E-state index contributed by atoms with van der Waals surface area (Å²) >= 11 is 0. The van der Waals surface area contributed by atoms with E-state index < -0.39 is 11.5 Å². The van der Waals surface area contributed by atoms with Crippen LogP contribution >= 0.6 is 0 Å². The SMILES string of the molecule is CC(C)(CC(=O)O)NC(=O)N1CCc2ccccc2C1. The Labute approximate surface area is 118 Å². The molecule has 108 valence electrons. The Balaban J connectivity index is 2.00. The summed E-state index contributed by atoms with van der Waals surface area (Å²) in [6.45, 7) is 4.67. The number of nitrogens with one attached hydrogen (secondary N) is 1. The van der Waals surface area contributed by atoms with Crippen molar-refractivity contribution < 1.29 is 14.7 Å². The van der Waals surface area contributed by atoms with Gasteiger partial charge in [0, 0.05) is 18.6 Å². The number of rotatable bonds is 3. The molecule has 2 N–H and O–H groups in total. The van der Waals surface area contributed by atoms with Gasteiger partial charge >= 0.3 is 12.0 Å². The van der Waals surface area contributed by atoms with Crippen molar-refractivity contribution in [3.05, 3.63) is 35.4 Å². The van der Waals surface area contributed by atoms with Crippen LogP contribution in [0.3, 0.4) is 0 Å². The minimum absolute atomic E-state index is 0.0941. The number of carbonyl (C=O) groups excluding carboxylic acids is 1. The highest BCUT2D eigenvalue weighted by molar-refractivity contribution is 5.77. The van der Waals surface area contributed by atoms with E-state index in [1.54, 1.807) is 18.7 Å². The molecule has 2 rings (SSSR count). The summed E-state index contributed by atoms with van der Waals surface area (Å²) < 4.78 is 0. The number of carboxylic acid groups (broad SMARTS) is 1. The zero-order valence-corrected chi connectivity index (χ0v) is 11.8. The minimum atomic E-state index is -0.917. The van der Waals surface area contributed by atoms with E-state index in [1.165, 1.54) is 5.56 Å². The second kappa shape index (κ2) is 5.53. The highest BCUT2D eigenvalue weighted by atomic mass is 16.4. The fourth-order valence-corrected chi connectivity index (χ4v) is 2.46. The van der Waals surface area contributed by atoms with Gasteiger partial charge in [-0.15, -0.1) is 0 Å². The molecule has 0 saturated heterocycles. The van der Waals surface area contributed by atoms with Crippen molar-refractivity contribution in [1.29, 1.82) is 0 Å². The summed E-state index contributed by atoms with van der Waals surface area (Å²) in [6.07, 6.45) is 0.742. The first kappa shape index (κ1) is 14.4. The van der Waals surface area contributed by atoms with Gasteiger partial charge < -0.3 is 15.3 Å². The van der Waals surface area contributed by atoms with E-state index >= 15 is 0 Å². The van der Waals surface area contributed by atoms with Gasteiger partial charge in [0.15, 0.2) is 0 Å². The summed E-state index contributed by atoms with van der Waals surface area (Å²) in [5.41, 5.74) is 1.69. The molecular formula is C15H20N2O3. The molecule has 0 saturated carbocycles. The van der Waals surface area contributed by atoms with Crippen LogP contribution in [0.15, 0.2) is 24.3 Å².